The van der Waals surface area contributed by atoms with Crippen LogP contribution in [0.5, 0.6) is 0 Å². The van der Waals surface area contributed by atoms with Gasteiger partial charge in [-0.05, 0) is 11.1 Å². The molecule has 0 N–H and O–H groups in total. The van der Waals surface area contributed by atoms with Crippen LogP contribution in [0.15, 0.2) is 60.7 Å². The van der Waals surface area contributed by atoms with E-state index in [1.807, 2.05) is 12.1 Å². The van der Waals surface area contributed by atoms with Crippen LogP contribution in [-0.4, -0.2) is 50.3 Å². The van der Waals surface area contributed by atoms with Crippen LogP contribution in [0.1, 0.15) is 11.1 Å². The second-order valence-corrected chi connectivity index (χ2v) is 6.11. The zero-order chi connectivity index (χ0) is 22.3. The molecule has 164 valence electrons. The Balaban J connectivity index is 1.49. The number of hydrogen-bond acceptors (Lipinski definition) is 9. The first-order chi connectivity index (χ1) is 15.0. The van der Waals surface area contributed by atoms with Crippen molar-refractivity contribution in [2.24, 2.45) is 0 Å². The van der Waals surface area contributed by atoms with Gasteiger partial charge in [0.1, 0.15) is 26.4 Å². The maximum Gasteiger partial charge on any atom is 0.344 e. The summed E-state index contributed by atoms with van der Waals surface area (Å²) in [6.45, 7) is -2.17. The lowest BCUT2D eigenvalue weighted by Crippen LogP contribution is -2.23. The number of rotatable bonds is 12. The van der Waals surface area contributed by atoms with Crippen molar-refractivity contribution in [3.8, 4) is 0 Å². The van der Waals surface area contributed by atoms with Gasteiger partial charge in [-0.1, -0.05) is 60.7 Å². The van der Waals surface area contributed by atoms with E-state index in [0.29, 0.717) is 0 Å². The Bertz CT molecular complexity index is 778. The van der Waals surface area contributed by atoms with Crippen molar-refractivity contribution in [1.82, 2.24) is 0 Å². The maximum absolute atomic E-state index is 11.5. The third kappa shape index (κ3) is 10.6. The molecule has 2 rings (SSSR count). The number of hydrogen-bond donors (Lipinski definition) is 0. The van der Waals surface area contributed by atoms with Crippen LogP contribution < -0.4 is 0 Å². The minimum Gasteiger partial charge on any atom is -0.458 e. The molecule has 0 saturated heterocycles. The molecule has 0 aromatic heterocycles. The molecule has 0 aliphatic heterocycles. The van der Waals surface area contributed by atoms with Gasteiger partial charge in [0, 0.05) is 0 Å². The van der Waals surface area contributed by atoms with Crippen molar-refractivity contribution in [2.75, 3.05) is 26.4 Å². The first-order valence-electron chi connectivity index (χ1n) is 9.31. The minimum absolute atomic E-state index is 0.0628. The molecule has 9 nitrogen and oxygen atoms in total. The van der Waals surface area contributed by atoms with Gasteiger partial charge in [0.2, 0.25) is 0 Å². The van der Waals surface area contributed by atoms with Crippen LogP contribution in [-0.2, 0) is 56.1 Å². The Kier molecular flexibility index (Phi) is 10.3. The predicted octanol–water partition coefficient (Wildman–Crippen LogP) is 1.58. The van der Waals surface area contributed by atoms with Gasteiger partial charge < -0.3 is 23.7 Å². The van der Waals surface area contributed by atoms with Gasteiger partial charge in [-0.15, -0.1) is 0 Å². The fraction of sp³-hybridized carbons (Fsp3) is 0.273. The molecule has 0 aliphatic carbocycles. The first kappa shape index (κ1) is 23.6. The third-order valence-corrected chi connectivity index (χ3v) is 3.63. The average molecular weight is 430 g/mol. The molecule has 0 unspecified atom stereocenters. The van der Waals surface area contributed by atoms with Crippen molar-refractivity contribution >= 4 is 23.9 Å². The standard InChI is InChI=1S/C22H22O9/c23-19(30-15-21(25)28-11-17-7-3-1-4-8-17)13-27-14-20(24)31-16-22(26)29-12-18-9-5-2-6-10-18/h1-10H,11-16H2. The molecule has 0 amide bonds. The summed E-state index contributed by atoms with van der Waals surface area (Å²) in [6.07, 6.45) is 0. The van der Waals surface area contributed by atoms with Crippen LogP contribution in [0.3, 0.4) is 0 Å². The molecule has 0 bridgehead atoms. The molecule has 31 heavy (non-hydrogen) atoms. The summed E-state index contributed by atoms with van der Waals surface area (Å²) in [5.41, 5.74) is 1.60. The van der Waals surface area contributed by atoms with Gasteiger partial charge >= 0.3 is 23.9 Å². The molecule has 0 radical (unpaired) electrons. The Morgan fingerprint density at radius 1 is 0.484 bits per heavy atom. The van der Waals surface area contributed by atoms with Gasteiger partial charge in [-0.25, -0.2) is 19.2 Å². The fourth-order valence-corrected chi connectivity index (χ4v) is 2.14. The van der Waals surface area contributed by atoms with Gasteiger partial charge in [0.05, 0.1) is 0 Å². The van der Waals surface area contributed by atoms with Crippen molar-refractivity contribution < 1.29 is 42.9 Å². The second kappa shape index (κ2) is 13.5. The minimum atomic E-state index is -0.855. The second-order valence-electron chi connectivity index (χ2n) is 6.11. The van der Waals surface area contributed by atoms with Crippen LogP contribution in [0.2, 0.25) is 0 Å². The highest BCUT2D eigenvalue weighted by Gasteiger charge is 2.12. The summed E-state index contributed by atoms with van der Waals surface area (Å²) >= 11 is 0. The lowest BCUT2D eigenvalue weighted by Gasteiger charge is -2.08. The third-order valence-electron chi connectivity index (χ3n) is 3.63. The van der Waals surface area contributed by atoms with Gasteiger partial charge in [0.15, 0.2) is 13.2 Å². The summed E-state index contributed by atoms with van der Waals surface area (Å²) in [5.74, 6) is -3.14. The number of benzene rings is 2. The fourth-order valence-electron chi connectivity index (χ4n) is 2.14. The van der Waals surface area contributed by atoms with E-state index in [1.165, 1.54) is 0 Å². The Morgan fingerprint density at radius 3 is 1.23 bits per heavy atom. The summed E-state index contributed by atoms with van der Waals surface area (Å²) < 4.78 is 24.1. The lowest BCUT2D eigenvalue weighted by molar-refractivity contribution is -0.166. The van der Waals surface area contributed by atoms with Crippen molar-refractivity contribution in [3.63, 3.8) is 0 Å². The smallest absolute Gasteiger partial charge is 0.344 e. The summed E-state index contributed by atoms with van der Waals surface area (Å²) in [6, 6.07) is 18.0. The zero-order valence-electron chi connectivity index (χ0n) is 16.7. The zero-order valence-corrected chi connectivity index (χ0v) is 16.7. The molecule has 0 saturated carbocycles. The quantitative estimate of drug-likeness (QED) is 0.366. The molecule has 0 aliphatic rings. The van der Waals surface area contributed by atoms with Gasteiger partial charge in [-0.2, -0.15) is 0 Å². The molecule has 2 aromatic carbocycles. The van der Waals surface area contributed by atoms with E-state index < -0.39 is 50.3 Å². The molecule has 0 fully saturated rings. The molecular weight excluding hydrogens is 408 g/mol. The molecule has 0 heterocycles. The van der Waals surface area contributed by atoms with Crippen molar-refractivity contribution in [2.45, 2.75) is 13.2 Å². The van der Waals surface area contributed by atoms with E-state index in [2.05, 4.69) is 9.47 Å². The van der Waals surface area contributed by atoms with Crippen molar-refractivity contribution in [3.05, 3.63) is 71.8 Å². The van der Waals surface area contributed by atoms with Gasteiger partial charge in [0.25, 0.3) is 0 Å². The summed E-state index contributed by atoms with van der Waals surface area (Å²) in [4.78, 5) is 46.1. The van der Waals surface area contributed by atoms with E-state index in [9.17, 15) is 19.2 Å². The van der Waals surface area contributed by atoms with E-state index in [1.54, 1.807) is 48.5 Å². The molecule has 0 atom stereocenters. The number of carbonyl (C=O) groups is 4. The molecule has 0 spiro atoms. The molecular formula is C22H22O9. The average Bonchev–Trinajstić information content (AvgIpc) is 2.80. The SMILES string of the molecule is O=C(COCC(=O)OCC(=O)OCc1ccccc1)OCC(=O)OCc1ccccc1. The normalized spacial score (nSPS) is 10.1. The number of esters is 4. The predicted molar refractivity (Wildman–Crippen MR) is 105 cm³/mol. The van der Waals surface area contributed by atoms with E-state index in [-0.39, 0.29) is 13.2 Å². The maximum atomic E-state index is 11.5. The first-order valence-corrected chi connectivity index (χ1v) is 9.31. The highest BCUT2D eigenvalue weighted by molar-refractivity contribution is 5.78. The van der Waals surface area contributed by atoms with Gasteiger partial charge in [-0.3, -0.25) is 0 Å². The van der Waals surface area contributed by atoms with Crippen LogP contribution in [0, 0.1) is 0 Å². The van der Waals surface area contributed by atoms with Crippen LogP contribution in [0.25, 0.3) is 0 Å². The van der Waals surface area contributed by atoms with E-state index in [0.717, 1.165) is 11.1 Å². The van der Waals surface area contributed by atoms with E-state index in [4.69, 9.17) is 14.2 Å². The Hall–Kier alpha value is -3.72. The monoisotopic (exact) mass is 430 g/mol. The lowest BCUT2D eigenvalue weighted by atomic mass is 10.2. The Labute approximate surface area is 178 Å². The molecule has 2 aromatic rings. The highest BCUT2D eigenvalue weighted by atomic mass is 16.6. The largest absolute Gasteiger partial charge is 0.458 e. The number of ether oxygens (including phenoxy) is 5. The summed E-state index contributed by atoms with van der Waals surface area (Å²) in [7, 11) is 0. The number of carbonyl (C=O) groups excluding carboxylic acids is 4. The highest BCUT2D eigenvalue weighted by Crippen LogP contribution is 2.02. The van der Waals surface area contributed by atoms with Crippen LogP contribution in [0.4, 0.5) is 0 Å². The summed E-state index contributed by atoms with van der Waals surface area (Å²) in [5, 5.41) is 0. The topological polar surface area (TPSA) is 114 Å². The van der Waals surface area contributed by atoms with Crippen molar-refractivity contribution in [1.29, 1.82) is 0 Å². The Morgan fingerprint density at radius 2 is 0.839 bits per heavy atom. The van der Waals surface area contributed by atoms with E-state index >= 15 is 0 Å². The molecule has 9 heteroatoms. The van der Waals surface area contributed by atoms with Crippen LogP contribution >= 0.6 is 0 Å².